The molecule has 1 aliphatic heterocycles. The van der Waals surface area contributed by atoms with Crippen molar-refractivity contribution in [2.75, 3.05) is 27.3 Å². The van der Waals surface area contributed by atoms with E-state index in [2.05, 4.69) is 23.4 Å². The third kappa shape index (κ3) is 3.72. The Morgan fingerprint density at radius 3 is 2.73 bits per heavy atom. The van der Waals surface area contributed by atoms with Crippen molar-refractivity contribution < 1.29 is 14.3 Å². The molecule has 0 saturated carbocycles. The topological polar surface area (TPSA) is 69.5 Å². The van der Waals surface area contributed by atoms with Gasteiger partial charge in [0.15, 0.2) is 17.1 Å². The van der Waals surface area contributed by atoms with Gasteiger partial charge >= 0.3 is 0 Å². The van der Waals surface area contributed by atoms with Crippen molar-refractivity contribution >= 4 is 17.1 Å². The van der Waals surface area contributed by atoms with Crippen molar-refractivity contribution in [2.24, 2.45) is 5.92 Å². The summed E-state index contributed by atoms with van der Waals surface area (Å²) in [5, 5.41) is 0. The zero-order valence-corrected chi connectivity index (χ0v) is 18.0. The van der Waals surface area contributed by atoms with E-state index in [4.69, 9.17) is 14.5 Å². The second kappa shape index (κ2) is 8.34. The van der Waals surface area contributed by atoms with Crippen LogP contribution in [0, 0.1) is 5.92 Å². The van der Waals surface area contributed by atoms with Crippen molar-refractivity contribution in [3.63, 3.8) is 0 Å². The lowest BCUT2D eigenvalue weighted by Crippen LogP contribution is -2.29. The van der Waals surface area contributed by atoms with E-state index in [1.54, 1.807) is 32.4 Å². The summed E-state index contributed by atoms with van der Waals surface area (Å²) in [6.45, 7) is 5.78. The molecule has 1 saturated heterocycles. The first-order chi connectivity index (χ1) is 14.5. The van der Waals surface area contributed by atoms with Crippen LogP contribution in [0.1, 0.15) is 42.5 Å². The zero-order valence-electron chi connectivity index (χ0n) is 18.0. The third-order valence-corrected chi connectivity index (χ3v) is 5.71. The van der Waals surface area contributed by atoms with Crippen LogP contribution in [-0.4, -0.2) is 52.7 Å². The van der Waals surface area contributed by atoms with Crippen LogP contribution in [0.2, 0.25) is 0 Å². The molecule has 1 unspecified atom stereocenters. The monoisotopic (exact) mass is 408 g/mol. The van der Waals surface area contributed by atoms with E-state index in [1.165, 1.54) is 0 Å². The molecule has 1 fully saturated rings. The highest BCUT2D eigenvalue weighted by atomic mass is 16.5. The maximum atomic E-state index is 13.0. The molecule has 0 N–H and O–H groups in total. The Morgan fingerprint density at radius 1 is 1.20 bits per heavy atom. The molecule has 1 aromatic carbocycles. The molecule has 3 heterocycles. The van der Waals surface area contributed by atoms with Crippen molar-refractivity contribution in [3.05, 3.63) is 47.9 Å². The smallest absolute Gasteiger partial charge is 0.254 e. The molecule has 7 nitrogen and oxygen atoms in total. The lowest BCUT2D eigenvalue weighted by atomic mass is 10.0. The van der Waals surface area contributed by atoms with Crippen LogP contribution in [0.15, 0.2) is 36.5 Å². The fraction of sp³-hybridized carbons (Fsp3) is 0.435. The van der Waals surface area contributed by atoms with E-state index in [0.717, 1.165) is 42.9 Å². The van der Waals surface area contributed by atoms with E-state index in [0.29, 0.717) is 23.0 Å². The number of amides is 1. The summed E-state index contributed by atoms with van der Waals surface area (Å²) in [5.74, 6) is 2.64. The summed E-state index contributed by atoms with van der Waals surface area (Å²) >= 11 is 0. The number of hydrogen-bond acceptors (Lipinski definition) is 5. The second-order valence-corrected chi connectivity index (χ2v) is 8.02. The second-order valence-electron chi connectivity index (χ2n) is 8.02. The highest BCUT2D eigenvalue weighted by Gasteiger charge is 2.29. The summed E-state index contributed by atoms with van der Waals surface area (Å²) < 4.78 is 12.8. The van der Waals surface area contributed by atoms with Gasteiger partial charge in [0.25, 0.3) is 5.91 Å². The largest absolute Gasteiger partial charge is 0.493 e. The summed E-state index contributed by atoms with van der Waals surface area (Å²) in [5.41, 5.74) is 2.48. The van der Waals surface area contributed by atoms with Crippen molar-refractivity contribution in [2.45, 2.75) is 32.7 Å². The number of likely N-dealkylation sites (tertiary alicyclic amines) is 1. The van der Waals surface area contributed by atoms with Crippen LogP contribution in [0.3, 0.4) is 0 Å². The Morgan fingerprint density at radius 2 is 2.00 bits per heavy atom. The molecule has 1 aliphatic rings. The lowest BCUT2D eigenvalue weighted by Gasteiger charge is -2.18. The number of imidazole rings is 1. The number of benzene rings is 1. The Balaban J connectivity index is 1.50. The quantitative estimate of drug-likeness (QED) is 0.622. The predicted octanol–water partition coefficient (Wildman–Crippen LogP) is 3.73. The number of ether oxygens (including phenoxy) is 2. The van der Waals surface area contributed by atoms with Crippen LogP contribution in [0.4, 0.5) is 0 Å². The van der Waals surface area contributed by atoms with Gasteiger partial charge in [0.1, 0.15) is 11.3 Å². The third-order valence-electron chi connectivity index (χ3n) is 5.71. The Labute approximate surface area is 176 Å². The molecular weight excluding hydrogens is 380 g/mol. The van der Waals surface area contributed by atoms with E-state index in [1.807, 2.05) is 23.2 Å². The SMILES string of the molecule is COc1ccc(C(=O)N2CCC(Cc3nc4cccnc4n3C(C)C)C2)cc1OC. The zero-order chi connectivity index (χ0) is 21.3. The standard InChI is InChI=1S/C23H28N4O3/c1-15(2)27-21(25-18-6-5-10-24-22(18)27)12-16-9-11-26(14-16)23(28)17-7-8-19(29-3)20(13-17)30-4/h5-8,10,13,15-16H,9,11-12,14H2,1-4H3. The molecule has 7 heteroatoms. The van der Waals surface area contributed by atoms with Crippen LogP contribution < -0.4 is 9.47 Å². The first kappa shape index (κ1) is 20.2. The van der Waals surface area contributed by atoms with Crippen LogP contribution in [-0.2, 0) is 6.42 Å². The number of methoxy groups -OCH3 is 2. The molecule has 1 atom stereocenters. The van der Waals surface area contributed by atoms with E-state index in [-0.39, 0.29) is 11.9 Å². The number of fused-ring (bicyclic) bond motifs is 1. The average molecular weight is 409 g/mol. The van der Waals surface area contributed by atoms with Gasteiger partial charge in [0.05, 0.1) is 14.2 Å². The van der Waals surface area contributed by atoms with E-state index < -0.39 is 0 Å². The Bertz CT molecular complexity index is 1060. The number of carbonyl (C=O) groups is 1. The summed E-state index contributed by atoms with van der Waals surface area (Å²) in [4.78, 5) is 24.3. The molecule has 158 valence electrons. The van der Waals surface area contributed by atoms with Crippen molar-refractivity contribution in [1.82, 2.24) is 19.4 Å². The van der Waals surface area contributed by atoms with Gasteiger partial charge in [-0.3, -0.25) is 4.79 Å². The first-order valence-corrected chi connectivity index (χ1v) is 10.3. The molecule has 0 spiro atoms. The molecule has 2 aromatic heterocycles. The van der Waals surface area contributed by atoms with Crippen LogP contribution >= 0.6 is 0 Å². The fourth-order valence-corrected chi connectivity index (χ4v) is 4.26. The number of hydrogen-bond donors (Lipinski definition) is 0. The maximum Gasteiger partial charge on any atom is 0.254 e. The number of rotatable bonds is 6. The number of aromatic nitrogens is 3. The number of carbonyl (C=O) groups excluding carboxylic acids is 1. The molecule has 0 bridgehead atoms. The van der Waals surface area contributed by atoms with Gasteiger partial charge in [-0.1, -0.05) is 0 Å². The van der Waals surface area contributed by atoms with Crippen molar-refractivity contribution in [3.8, 4) is 11.5 Å². The fourth-order valence-electron chi connectivity index (χ4n) is 4.26. The average Bonchev–Trinajstić information content (AvgIpc) is 3.37. The minimum atomic E-state index is 0.0254. The molecule has 30 heavy (non-hydrogen) atoms. The summed E-state index contributed by atoms with van der Waals surface area (Å²) in [6, 6.07) is 9.53. The van der Waals surface area contributed by atoms with Gasteiger partial charge in [-0.05, 0) is 56.5 Å². The number of nitrogens with zero attached hydrogens (tertiary/aromatic N) is 4. The van der Waals surface area contributed by atoms with Gasteiger partial charge in [-0.15, -0.1) is 0 Å². The minimum absolute atomic E-state index is 0.0254. The Hall–Kier alpha value is -3.09. The first-order valence-electron chi connectivity index (χ1n) is 10.3. The molecule has 3 aromatic rings. The predicted molar refractivity (Wildman–Crippen MR) is 115 cm³/mol. The molecule has 4 rings (SSSR count). The van der Waals surface area contributed by atoms with Gasteiger partial charge in [-0.25, -0.2) is 9.97 Å². The van der Waals surface area contributed by atoms with E-state index in [9.17, 15) is 4.79 Å². The maximum absolute atomic E-state index is 13.0. The molecule has 0 aliphatic carbocycles. The summed E-state index contributed by atoms with van der Waals surface area (Å²) in [6.07, 6.45) is 3.61. The molecule has 0 radical (unpaired) electrons. The number of pyridine rings is 1. The minimum Gasteiger partial charge on any atom is -0.493 e. The molecule has 1 amide bonds. The van der Waals surface area contributed by atoms with Crippen molar-refractivity contribution in [1.29, 1.82) is 0 Å². The van der Waals surface area contributed by atoms with Crippen LogP contribution in [0.25, 0.3) is 11.2 Å². The van der Waals surface area contributed by atoms with Gasteiger partial charge in [0.2, 0.25) is 0 Å². The highest BCUT2D eigenvalue weighted by Crippen LogP contribution is 2.30. The van der Waals surface area contributed by atoms with E-state index >= 15 is 0 Å². The molecular formula is C23H28N4O3. The highest BCUT2D eigenvalue weighted by molar-refractivity contribution is 5.95. The normalized spacial score (nSPS) is 16.4. The van der Waals surface area contributed by atoms with Gasteiger partial charge in [0, 0.05) is 37.3 Å². The van der Waals surface area contributed by atoms with Gasteiger partial charge in [-0.2, -0.15) is 0 Å². The Kier molecular flexibility index (Phi) is 5.61. The van der Waals surface area contributed by atoms with Gasteiger partial charge < -0.3 is 18.9 Å². The lowest BCUT2D eigenvalue weighted by molar-refractivity contribution is 0.0786. The summed E-state index contributed by atoms with van der Waals surface area (Å²) in [7, 11) is 3.16. The van der Waals surface area contributed by atoms with Crippen LogP contribution in [0.5, 0.6) is 11.5 Å².